The van der Waals surface area contributed by atoms with Gasteiger partial charge in [0.2, 0.25) is 6.41 Å². The molecule has 0 aromatic heterocycles. The largest absolute Gasteiger partial charge is 0.340 e. The van der Waals surface area contributed by atoms with Crippen LogP contribution < -0.4 is 0 Å². The van der Waals surface area contributed by atoms with Gasteiger partial charge in [0.05, 0.1) is 0 Å². The maximum Gasteiger partial charge on any atom is 0.210 e. The van der Waals surface area contributed by atoms with Crippen molar-refractivity contribution in [2.45, 2.75) is 46.2 Å². The molecule has 0 radical (unpaired) electrons. The average molecular weight is 143 g/mol. The Hall–Kier alpha value is -0.530. The van der Waals surface area contributed by atoms with Crippen LogP contribution in [-0.2, 0) is 4.79 Å². The van der Waals surface area contributed by atoms with Crippen LogP contribution >= 0.6 is 0 Å². The molecule has 0 bridgehead atoms. The zero-order valence-corrected chi connectivity index (χ0v) is 7.29. The van der Waals surface area contributed by atoms with Gasteiger partial charge in [-0.3, -0.25) is 4.79 Å². The number of hydrogen-bond donors (Lipinski definition) is 0. The number of rotatable bonds is 4. The van der Waals surface area contributed by atoms with Crippen molar-refractivity contribution in [3.63, 3.8) is 0 Å². The van der Waals surface area contributed by atoms with E-state index in [4.69, 9.17) is 0 Å². The number of nitrogens with zero attached hydrogens (tertiary/aromatic N) is 1. The third-order valence-electron chi connectivity index (χ3n) is 1.82. The molecular weight excluding hydrogens is 126 g/mol. The normalized spacial score (nSPS) is 13.3. The Balaban J connectivity index is 3.92. The second-order valence-electron chi connectivity index (χ2n) is 2.90. The first kappa shape index (κ1) is 9.47. The fourth-order valence-electron chi connectivity index (χ4n) is 0.945. The molecule has 0 aliphatic carbocycles. The van der Waals surface area contributed by atoms with Crippen molar-refractivity contribution in [3.8, 4) is 0 Å². The Morgan fingerprint density at radius 2 is 1.90 bits per heavy atom. The Morgan fingerprint density at radius 1 is 1.40 bits per heavy atom. The topological polar surface area (TPSA) is 20.3 Å². The predicted molar refractivity (Wildman–Crippen MR) is 42.8 cm³/mol. The molecule has 1 atom stereocenters. The van der Waals surface area contributed by atoms with Crippen molar-refractivity contribution in [1.29, 1.82) is 0 Å². The number of hydrogen-bond acceptors (Lipinski definition) is 1. The van der Waals surface area contributed by atoms with E-state index < -0.39 is 0 Å². The zero-order valence-electron chi connectivity index (χ0n) is 7.29. The third-order valence-corrected chi connectivity index (χ3v) is 1.82. The van der Waals surface area contributed by atoms with Crippen LogP contribution in [-0.4, -0.2) is 23.4 Å². The maximum absolute atomic E-state index is 10.5. The molecule has 2 heteroatoms. The fourth-order valence-corrected chi connectivity index (χ4v) is 0.945. The Labute approximate surface area is 63.2 Å². The minimum atomic E-state index is 0.326. The molecule has 0 heterocycles. The van der Waals surface area contributed by atoms with Crippen molar-refractivity contribution < 1.29 is 4.79 Å². The van der Waals surface area contributed by atoms with Crippen LogP contribution in [0.1, 0.15) is 34.1 Å². The zero-order chi connectivity index (χ0) is 8.15. The standard InChI is InChI=1S/C8H17NO/c1-5-8(4)9(6-10)7(2)3/h6-8H,5H2,1-4H3/t8-/m0/s1. The molecule has 2 nitrogen and oxygen atoms in total. The van der Waals surface area contributed by atoms with Crippen LogP contribution in [0.25, 0.3) is 0 Å². The molecule has 0 aliphatic rings. The second-order valence-corrected chi connectivity index (χ2v) is 2.90. The SMILES string of the molecule is CC[C@H](C)N(C=O)C(C)C. The van der Waals surface area contributed by atoms with E-state index in [-0.39, 0.29) is 0 Å². The van der Waals surface area contributed by atoms with Gasteiger partial charge in [0.15, 0.2) is 0 Å². The lowest BCUT2D eigenvalue weighted by Gasteiger charge is -2.27. The summed E-state index contributed by atoms with van der Waals surface area (Å²) in [6, 6.07) is 0.699. The van der Waals surface area contributed by atoms with Crippen molar-refractivity contribution in [1.82, 2.24) is 4.90 Å². The summed E-state index contributed by atoms with van der Waals surface area (Å²) < 4.78 is 0. The van der Waals surface area contributed by atoms with Gasteiger partial charge in [-0.1, -0.05) is 6.92 Å². The van der Waals surface area contributed by atoms with Gasteiger partial charge in [-0.05, 0) is 27.2 Å². The highest BCUT2D eigenvalue weighted by Crippen LogP contribution is 2.04. The molecular formula is C8H17NO. The van der Waals surface area contributed by atoms with Gasteiger partial charge in [-0.15, -0.1) is 0 Å². The average Bonchev–Trinajstić information content (AvgIpc) is 1.88. The van der Waals surface area contributed by atoms with Gasteiger partial charge in [0.1, 0.15) is 0 Å². The molecule has 10 heavy (non-hydrogen) atoms. The summed E-state index contributed by atoms with van der Waals surface area (Å²) in [7, 11) is 0. The molecule has 0 fully saturated rings. The molecule has 0 unspecified atom stereocenters. The van der Waals surface area contributed by atoms with Crippen molar-refractivity contribution >= 4 is 6.41 Å². The van der Waals surface area contributed by atoms with E-state index in [1.807, 2.05) is 18.7 Å². The van der Waals surface area contributed by atoms with Crippen LogP contribution in [0.5, 0.6) is 0 Å². The highest BCUT2D eigenvalue weighted by atomic mass is 16.1. The molecule has 0 rings (SSSR count). The van der Waals surface area contributed by atoms with Crippen LogP contribution in [0, 0.1) is 0 Å². The van der Waals surface area contributed by atoms with Gasteiger partial charge in [0.25, 0.3) is 0 Å². The summed E-state index contributed by atoms with van der Waals surface area (Å²) in [5.74, 6) is 0. The quantitative estimate of drug-likeness (QED) is 0.548. The van der Waals surface area contributed by atoms with E-state index in [1.165, 1.54) is 0 Å². The van der Waals surface area contributed by atoms with E-state index in [2.05, 4.69) is 13.8 Å². The van der Waals surface area contributed by atoms with Crippen LogP contribution in [0.3, 0.4) is 0 Å². The third kappa shape index (κ3) is 2.38. The van der Waals surface area contributed by atoms with Gasteiger partial charge < -0.3 is 4.90 Å². The lowest BCUT2D eigenvalue weighted by atomic mass is 10.2. The summed E-state index contributed by atoms with van der Waals surface area (Å²) >= 11 is 0. The Kier molecular flexibility index (Phi) is 4.08. The first-order chi connectivity index (χ1) is 4.63. The molecule has 60 valence electrons. The second kappa shape index (κ2) is 4.31. The van der Waals surface area contributed by atoms with Crippen molar-refractivity contribution in [2.24, 2.45) is 0 Å². The molecule has 0 saturated carbocycles. The molecule has 0 N–H and O–H groups in total. The minimum Gasteiger partial charge on any atom is -0.340 e. The fraction of sp³-hybridized carbons (Fsp3) is 0.875. The summed E-state index contributed by atoms with van der Waals surface area (Å²) in [4.78, 5) is 12.3. The molecule has 0 aromatic carbocycles. The van der Waals surface area contributed by atoms with Gasteiger partial charge in [0, 0.05) is 12.1 Å². The smallest absolute Gasteiger partial charge is 0.210 e. The minimum absolute atomic E-state index is 0.326. The summed E-state index contributed by atoms with van der Waals surface area (Å²) in [6.07, 6.45) is 1.95. The van der Waals surface area contributed by atoms with E-state index >= 15 is 0 Å². The molecule has 0 spiro atoms. The van der Waals surface area contributed by atoms with Crippen LogP contribution in [0.4, 0.5) is 0 Å². The predicted octanol–water partition coefficient (Wildman–Crippen LogP) is 1.65. The lowest BCUT2D eigenvalue weighted by molar-refractivity contribution is -0.121. The monoisotopic (exact) mass is 143 g/mol. The highest BCUT2D eigenvalue weighted by molar-refractivity contribution is 5.48. The van der Waals surface area contributed by atoms with E-state index in [0.29, 0.717) is 12.1 Å². The first-order valence-corrected chi connectivity index (χ1v) is 3.86. The van der Waals surface area contributed by atoms with E-state index in [0.717, 1.165) is 12.8 Å². The molecule has 0 aromatic rings. The molecule has 0 aliphatic heterocycles. The Bertz CT molecular complexity index is 101. The molecule has 0 saturated heterocycles. The van der Waals surface area contributed by atoms with Crippen molar-refractivity contribution in [2.75, 3.05) is 0 Å². The maximum atomic E-state index is 10.5. The van der Waals surface area contributed by atoms with Crippen LogP contribution in [0.2, 0.25) is 0 Å². The number of carbonyl (C=O) groups excluding carboxylic acids is 1. The summed E-state index contributed by atoms with van der Waals surface area (Å²) in [5, 5.41) is 0. The van der Waals surface area contributed by atoms with Gasteiger partial charge in [-0.25, -0.2) is 0 Å². The molecule has 1 amide bonds. The van der Waals surface area contributed by atoms with Crippen LogP contribution in [0.15, 0.2) is 0 Å². The lowest BCUT2D eigenvalue weighted by Crippen LogP contribution is -2.36. The first-order valence-electron chi connectivity index (χ1n) is 3.86. The van der Waals surface area contributed by atoms with E-state index in [9.17, 15) is 4.79 Å². The number of carbonyl (C=O) groups is 1. The summed E-state index contributed by atoms with van der Waals surface area (Å²) in [5.41, 5.74) is 0. The van der Waals surface area contributed by atoms with Crippen molar-refractivity contribution in [3.05, 3.63) is 0 Å². The van der Waals surface area contributed by atoms with E-state index in [1.54, 1.807) is 0 Å². The number of amides is 1. The van der Waals surface area contributed by atoms with Gasteiger partial charge >= 0.3 is 0 Å². The van der Waals surface area contributed by atoms with Gasteiger partial charge in [-0.2, -0.15) is 0 Å². The Morgan fingerprint density at radius 3 is 2.00 bits per heavy atom. The highest BCUT2D eigenvalue weighted by Gasteiger charge is 2.11. The summed E-state index contributed by atoms with van der Waals surface area (Å²) in [6.45, 7) is 8.21.